The summed E-state index contributed by atoms with van der Waals surface area (Å²) in [6.45, 7) is 3.25. The molecule has 0 bridgehead atoms. The standard InChI is InChI=1S/C14H20IN3O7/c15-3-5-23-7-9-25-10-8-24-6-4-16-13-2-1-12(17(19)20)11-14(13)18(21)22/h1-2,11,16H,3-10H2. The van der Waals surface area contributed by atoms with Crippen LogP contribution in [0.25, 0.3) is 0 Å². The van der Waals surface area contributed by atoms with E-state index in [1.165, 1.54) is 12.1 Å². The van der Waals surface area contributed by atoms with Gasteiger partial charge in [-0.15, -0.1) is 0 Å². The van der Waals surface area contributed by atoms with Crippen LogP contribution in [0.2, 0.25) is 0 Å². The second-order valence-corrected chi connectivity index (χ2v) is 5.75. The number of ether oxygens (including phenoxy) is 3. The van der Waals surface area contributed by atoms with Crippen molar-refractivity contribution in [3.63, 3.8) is 0 Å². The van der Waals surface area contributed by atoms with Gasteiger partial charge in [0.25, 0.3) is 11.4 Å². The van der Waals surface area contributed by atoms with Crippen LogP contribution in [-0.2, 0) is 14.2 Å². The summed E-state index contributed by atoms with van der Waals surface area (Å²) in [5.41, 5.74) is -0.458. The quantitative estimate of drug-likeness (QED) is 0.145. The molecule has 0 saturated heterocycles. The maximum atomic E-state index is 11.0. The van der Waals surface area contributed by atoms with Crippen LogP contribution < -0.4 is 5.32 Å². The lowest BCUT2D eigenvalue weighted by molar-refractivity contribution is -0.393. The Hall–Kier alpha value is -1.57. The summed E-state index contributed by atoms with van der Waals surface area (Å²) < 4.78 is 16.8. The Bertz CT molecular complexity index is 559. The van der Waals surface area contributed by atoms with Gasteiger partial charge in [0.15, 0.2) is 0 Å². The van der Waals surface area contributed by atoms with Crippen molar-refractivity contribution in [1.29, 1.82) is 0 Å². The molecule has 0 aromatic heterocycles. The van der Waals surface area contributed by atoms with Crippen molar-refractivity contribution in [2.24, 2.45) is 0 Å². The molecule has 1 aromatic carbocycles. The van der Waals surface area contributed by atoms with Gasteiger partial charge in [0.05, 0.1) is 55.6 Å². The maximum Gasteiger partial charge on any atom is 0.299 e. The second-order valence-electron chi connectivity index (χ2n) is 4.67. The van der Waals surface area contributed by atoms with E-state index in [4.69, 9.17) is 14.2 Å². The first-order valence-electron chi connectivity index (χ1n) is 7.52. The van der Waals surface area contributed by atoms with Gasteiger partial charge in [0.1, 0.15) is 5.69 Å². The summed E-state index contributed by atoms with van der Waals surface area (Å²) in [7, 11) is 0. The molecular weight excluding hydrogens is 449 g/mol. The number of nitrogens with zero attached hydrogens (tertiary/aromatic N) is 2. The van der Waals surface area contributed by atoms with Crippen molar-refractivity contribution in [3.8, 4) is 0 Å². The minimum absolute atomic E-state index is 0.211. The van der Waals surface area contributed by atoms with E-state index < -0.39 is 9.85 Å². The molecule has 11 heteroatoms. The molecule has 0 saturated carbocycles. The van der Waals surface area contributed by atoms with Gasteiger partial charge in [-0.3, -0.25) is 20.2 Å². The minimum Gasteiger partial charge on any atom is -0.378 e. The van der Waals surface area contributed by atoms with Crippen LogP contribution in [0.3, 0.4) is 0 Å². The van der Waals surface area contributed by atoms with Crippen LogP contribution in [0, 0.1) is 20.2 Å². The van der Waals surface area contributed by atoms with E-state index in [1.54, 1.807) is 0 Å². The van der Waals surface area contributed by atoms with E-state index >= 15 is 0 Å². The largest absolute Gasteiger partial charge is 0.378 e. The number of nitrogens with one attached hydrogen (secondary N) is 1. The third-order valence-corrected chi connectivity index (χ3v) is 3.36. The van der Waals surface area contributed by atoms with Gasteiger partial charge in [0, 0.05) is 17.0 Å². The number of benzene rings is 1. The molecule has 0 amide bonds. The van der Waals surface area contributed by atoms with E-state index in [0.717, 1.165) is 10.5 Å². The Morgan fingerprint density at radius 1 is 0.920 bits per heavy atom. The topological polar surface area (TPSA) is 126 Å². The Morgan fingerprint density at radius 3 is 2.08 bits per heavy atom. The number of hydrogen-bond acceptors (Lipinski definition) is 8. The van der Waals surface area contributed by atoms with E-state index in [9.17, 15) is 20.2 Å². The first-order valence-corrected chi connectivity index (χ1v) is 9.04. The second kappa shape index (κ2) is 12.7. The highest BCUT2D eigenvalue weighted by atomic mass is 127. The van der Waals surface area contributed by atoms with Crippen molar-refractivity contribution >= 4 is 39.7 Å². The van der Waals surface area contributed by atoms with Gasteiger partial charge in [-0.1, -0.05) is 22.6 Å². The number of rotatable bonds is 14. The van der Waals surface area contributed by atoms with Gasteiger partial charge in [-0.2, -0.15) is 0 Å². The minimum atomic E-state index is -0.674. The SMILES string of the molecule is O=[N+]([O-])c1ccc(NCCOCCOCCOCCI)c([N+](=O)[O-])c1. The van der Waals surface area contributed by atoms with E-state index in [1.807, 2.05) is 0 Å². The molecule has 0 aliphatic heterocycles. The average Bonchev–Trinajstić information content (AvgIpc) is 2.59. The first kappa shape index (κ1) is 21.5. The molecule has 0 spiro atoms. The number of nitro groups is 2. The molecule has 25 heavy (non-hydrogen) atoms. The van der Waals surface area contributed by atoms with E-state index in [0.29, 0.717) is 46.2 Å². The fraction of sp³-hybridized carbons (Fsp3) is 0.571. The summed E-state index contributed by atoms with van der Waals surface area (Å²) in [5, 5.41) is 24.5. The highest BCUT2D eigenvalue weighted by molar-refractivity contribution is 14.1. The van der Waals surface area contributed by atoms with Crippen LogP contribution in [0.15, 0.2) is 18.2 Å². The fourth-order valence-corrected chi connectivity index (χ4v) is 2.10. The fourth-order valence-electron chi connectivity index (χ4n) is 1.79. The monoisotopic (exact) mass is 469 g/mol. The average molecular weight is 469 g/mol. The summed E-state index contributed by atoms with van der Waals surface area (Å²) >= 11 is 2.23. The van der Waals surface area contributed by atoms with Crippen LogP contribution in [0.1, 0.15) is 0 Å². The predicted octanol–water partition coefficient (Wildman–Crippen LogP) is 2.40. The third kappa shape index (κ3) is 8.90. The Labute approximate surface area is 158 Å². The van der Waals surface area contributed by atoms with Gasteiger partial charge in [0.2, 0.25) is 0 Å². The molecule has 0 aliphatic rings. The number of non-ortho nitro benzene ring substituents is 1. The lowest BCUT2D eigenvalue weighted by Gasteiger charge is -2.08. The number of anilines is 1. The molecule has 0 fully saturated rings. The molecule has 0 atom stereocenters. The summed E-state index contributed by atoms with van der Waals surface area (Å²) in [6.07, 6.45) is 0. The zero-order valence-electron chi connectivity index (χ0n) is 13.5. The van der Waals surface area contributed by atoms with Gasteiger partial charge in [-0.25, -0.2) is 0 Å². The molecule has 1 aromatic rings. The number of halogens is 1. The highest BCUT2D eigenvalue weighted by Gasteiger charge is 2.18. The molecule has 0 heterocycles. The normalized spacial score (nSPS) is 10.6. The Morgan fingerprint density at radius 2 is 1.52 bits per heavy atom. The number of alkyl halides is 1. The van der Waals surface area contributed by atoms with Crippen molar-refractivity contribution in [1.82, 2.24) is 0 Å². The number of nitro benzene ring substituents is 2. The zero-order valence-corrected chi connectivity index (χ0v) is 15.7. The molecule has 140 valence electrons. The summed E-state index contributed by atoms with van der Waals surface area (Å²) in [5.74, 6) is 0. The smallest absolute Gasteiger partial charge is 0.299 e. The van der Waals surface area contributed by atoms with Crippen molar-refractivity contribution in [2.75, 3.05) is 55.9 Å². The molecular formula is C14H20IN3O7. The Balaban J connectivity index is 2.21. The third-order valence-electron chi connectivity index (χ3n) is 2.92. The van der Waals surface area contributed by atoms with E-state index in [2.05, 4.69) is 27.9 Å². The van der Waals surface area contributed by atoms with Crippen LogP contribution >= 0.6 is 22.6 Å². The number of hydrogen-bond donors (Lipinski definition) is 1. The lowest BCUT2D eigenvalue weighted by atomic mass is 10.2. The van der Waals surface area contributed by atoms with Crippen LogP contribution in [0.5, 0.6) is 0 Å². The first-order chi connectivity index (χ1) is 12.1. The van der Waals surface area contributed by atoms with Gasteiger partial charge < -0.3 is 19.5 Å². The van der Waals surface area contributed by atoms with Gasteiger partial charge >= 0.3 is 0 Å². The Kier molecular flexibility index (Phi) is 10.9. The molecule has 1 rings (SSSR count). The molecule has 0 unspecified atom stereocenters. The van der Waals surface area contributed by atoms with Gasteiger partial charge in [-0.05, 0) is 6.07 Å². The predicted molar refractivity (Wildman–Crippen MR) is 99.6 cm³/mol. The van der Waals surface area contributed by atoms with Crippen molar-refractivity contribution < 1.29 is 24.1 Å². The molecule has 1 N–H and O–H groups in total. The van der Waals surface area contributed by atoms with Crippen molar-refractivity contribution in [2.45, 2.75) is 0 Å². The summed E-state index contributed by atoms with van der Waals surface area (Å²) in [6, 6.07) is 3.45. The lowest BCUT2D eigenvalue weighted by Crippen LogP contribution is -2.14. The van der Waals surface area contributed by atoms with Crippen molar-refractivity contribution in [3.05, 3.63) is 38.4 Å². The van der Waals surface area contributed by atoms with E-state index in [-0.39, 0.29) is 17.1 Å². The zero-order chi connectivity index (χ0) is 18.5. The maximum absolute atomic E-state index is 11.0. The van der Waals surface area contributed by atoms with Crippen LogP contribution in [0.4, 0.5) is 17.1 Å². The summed E-state index contributed by atoms with van der Waals surface area (Å²) in [4.78, 5) is 20.3. The molecule has 0 radical (unpaired) electrons. The highest BCUT2D eigenvalue weighted by Crippen LogP contribution is 2.28. The molecule has 10 nitrogen and oxygen atoms in total. The molecule has 0 aliphatic carbocycles. The van der Waals surface area contributed by atoms with Crippen LogP contribution in [-0.4, -0.2) is 60.5 Å².